The summed E-state index contributed by atoms with van der Waals surface area (Å²) in [6.07, 6.45) is -0.0192. The van der Waals surface area contributed by atoms with E-state index in [-0.39, 0.29) is 24.2 Å². The number of rotatable bonds is 5. The van der Waals surface area contributed by atoms with Crippen LogP contribution in [0.25, 0.3) is 0 Å². The monoisotopic (exact) mass is 356 g/mol. The topological polar surface area (TPSA) is 59.6 Å². The summed E-state index contributed by atoms with van der Waals surface area (Å²) in [5.41, 5.74) is 0.565. The zero-order valence-electron chi connectivity index (χ0n) is 12.3. The van der Waals surface area contributed by atoms with Gasteiger partial charge in [0.2, 0.25) is 5.91 Å². The molecule has 5 nitrogen and oxygen atoms in total. The van der Waals surface area contributed by atoms with E-state index in [0.29, 0.717) is 6.61 Å². The highest BCUT2D eigenvalue weighted by Gasteiger charge is 2.28. The van der Waals surface area contributed by atoms with Gasteiger partial charge < -0.3 is 20.1 Å². The van der Waals surface area contributed by atoms with Crippen LogP contribution in [0.1, 0.15) is 13.8 Å². The molecule has 1 fully saturated rings. The first-order valence-electron chi connectivity index (χ1n) is 6.96. The van der Waals surface area contributed by atoms with Gasteiger partial charge in [0, 0.05) is 23.2 Å². The highest BCUT2D eigenvalue weighted by molar-refractivity contribution is 9.10. The van der Waals surface area contributed by atoms with E-state index in [2.05, 4.69) is 26.6 Å². The van der Waals surface area contributed by atoms with Gasteiger partial charge in [-0.2, -0.15) is 0 Å². The van der Waals surface area contributed by atoms with Crippen LogP contribution in [0.4, 0.5) is 5.69 Å². The second-order valence-corrected chi connectivity index (χ2v) is 6.62. The van der Waals surface area contributed by atoms with Crippen molar-refractivity contribution in [2.45, 2.75) is 25.6 Å². The van der Waals surface area contributed by atoms with Gasteiger partial charge in [0.15, 0.2) is 0 Å². The maximum Gasteiger partial charge on any atom is 0.250 e. The van der Waals surface area contributed by atoms with E-state index >= 15 is 0 Å². The number of anilines is 1. The molecule has 1 aromatic rings. The molecule has 1 amide bonds. The fourth-order valence-corrected chi connectivity index (χ4v) is 2.44. The summed E-state index contributed by atoms with van der Waals surface area (Å²) in [6.45, 7) is 6.07. The van der Waals surface area contributed by atoms with Crippen LogP contribution in [-0.2, 0) is 14.3 Å². The summed E-state index contributed by atoms with van der Waals surface area (Å²) in [4.78, 5) is 11.8. The van der Waals surface area contributed by atoms with Crippen molar-refractivity contribution in [3.8, 4) is 0 Å². The standard InChI is InChI=1S/C15H21BrN2O3/c1-15(2)10-17-7-13(21-15)8-20-9-14(19)18-12-5-3-11(16)4-6-12/h3-6,13,17H,7-10H2,1-2H3,(H,18,19). The number of benzene rings is 1. The van der Waals surface area contributed by atoms with Gasteiger partial charge in [0.05, 0.1) is 18.3 Å². The third kappa shape index (κ3) is 5.74. The van der Waals surface area contributed by atoms with E-state index in [4.69, 9.17) is 9.47 Å². The maximum atomic E-state index is 11.8. The molecule has 1 unspecified atom stereocenters. The van der Waals surface area contributed by atoms with Crippen molar-refractivity contribution in [1.29, 1.82) is 0 Å². The van der Waals surface area contributed by atoms with Crippen LogP contribution in [0.15, 0.2) is 28.7 Å². The van der Waals surface area contributed by atoms with E-state index in [0.717, 1.165) is 23.2 Å². The van der Waals surface area contributed by atoms with Gasteiger partial charge in [-0.05, 0) is 38.1 Å². The zero-order valence-corrected chi connectivity index (χ0v) is 13.9. The fraction of sp³-hybridized carbons (Fsp3) is 0.533. The van der Waals surface area contributed by atoms with E-state index < -0.39 is 0 Å². The Hall–Kier alpha value is -0.950. The highest BCUT2D eigenvalue weighted by atomic mass is 79.9. The molecular formula is C15H21BrN2O3. The number of ether oxygens (including phenoxy) is 2. The molecule has 1 atom stereocenters. The predicted octanol–water partition coefficient (Wildman–Crippen LogP) is 2.17. The van der Waals surface area contributed by atoms with Gasteiger partial charge in [0.25, 0.3) is 0 Å². The molecule has 2 rings (SSSR count). The summed E-state index contributed by atoms with van der Waals surface area (Å²) in [7, 11) is 0. The van der Waals surface area contributed by atoms with Gasteiger partial charge in [-0.25, -0.2) is 0 Å². The molecule has 0 aliphatic carbocycles. The average molecular weight is 357 g/mol. The lowest BCUT2D eigenvalue weighted by atomic mass is 10.1. The van der Waals surface area contributed by atoms with Crippen molar-refractivity contribution >= 4 is 27.5 Å². The highest BCUT2D eigenvalue weighted by Crippen LogP contribution is 2.16. The molecule has 21 heavy (non-hydrogen) atoms. The van der Waals surface area contributed by atoms with E-state index in [1.165, 1.54) is 0 Å². The number of halogens is 1. The molecule has 2 N–H and O–H groups in total. The van der Waals surface area contributed by atoms with Crippen LogP contribution in [-0.4, -0.2) is 43.9 Å². The molecule has 116 valence electrons. The third-order valence-corrected chi connectivity index (χ3v) is 3.60. The first-order valence-corrected chi connectivity index (χ1v) is 7.76. The summed E-state index contributed by atoms with van der Waals surface area (Å²) in [5.74, 6) is -0.166. The Morgan fingerprint density at radius 1 is 1.48 bits per heavy atom. The van der Waals surface area contributed by atoms with E-state index in [9.17, 15) is 4.79 Å². The van der Waals surface area contributed by atoms with Crippen LogP contribution in [0, 0.1) is 0 Å². The molecule has 1 aliphatic heterocycles. The van der Waals surface area contributed by atoms with Crippen molar-refractivity contribution in [3.63, 3.8) is 0 Å². The van der Waals surface area contributed by atoms with Crippen LogP contribution in [0.5, 0.6) is 0 Å². The normalized spacial score (nSPS) is 21.0. The lowest BCUT2D eigenvalue weighted by Crippen LogP contribution is -2.52. The van der Waals surface area contributed by atoms with Gasteiger partial charge in [-0.15, -0.1) is 0 Å². The fourth-order valence-electron chi connectivity index (χ4n) is 2.18. The van der Waals surface area contributed by atoms with Crippen molar-refractivity contribution < 1.29 is 14.3 Å². The Balaban J connectivity index is 1.68. The number of amides is 1. The van der Waals surface area contributed by atoms with Crippen molar-refractivity contribution in [2.75, 3.05) is 31.6 Å². The van der Waals surface area contributed by atoms with Gasteiger partial charge in [-0.1, -0.05) is 15.9 Å². The SMILES string of the molecule is CC1(C)CNCC(COCC(=O)Nc2ccc(Br)cc2)O1. The van der Waals surface area contributed by atoms with Crippen molar-refractivity contribution in [2.24, 2.45) is 0 Å². The summed E-state index contributed by atoms with van der Waals surface area (Å²) in [5, 5.41) is 6.08. The summed E-state index contributed by atoms with van der Waals surface area (Å²) in [6, 6.07) is 7.41. The first kappa shape index (κ1) is 16.4. The molecule has 1 aromatic carbocycles. The molecule has 0 saturated carbocycles. The number of carbonyl (C=O) groups excluding carboxylic acids is 1. The molecule has 0 bridgehead atoms. The predicted molar refractivity (Wildman–Crippen MR) is 85.4 cm³/mol. The number of hydrogen-bond acceptors (Lipinski definition) is 4. The minimum absolute atomic E-state index is 0.0192. The maximum absolute atomic E-state index is 11.8. The number of morpholine rings is 1. The smallest absolute Gasteiger partial charge is 0.250 e. The van der Waals surface area contributed by atoms with Gasteiger partial charge in [0.1, 0.15) is 6.61 Å². The molecule has 1 saturated heterocycles. The van der Waals surface area contributed by atoms with Crippen LogP contribution in [0.3, 0.4) is 0 Å². The number of nitrogens with one attached hydrogen (secondary N) is 2. The first-order chi connectivity index (χ1) is 9.94. The minimum atomic E-state index is -0.189. The van der Waals surface area contributed by atoms with Crippen LogP contribution >= 0.6 is 15.9 Å². The number of hydrogen-bond donors (Lipinski definition) is 2. The van der Waals surface area contributed by atoms with Gasteiger partial charge >= 0.3 is 0 Å². The molecule has 1 aliphatic rings. The van der Waals surface area contributed by atoms with Crippen LogP contribution in [0.2, 0.25) is 0 Å². The number of carbonyl (C=O) groups is 1. The molecule has 1 heterocycles. The third-order valence-electron chi connectivity index (χ3n) is 3.07. The van der Waals surface area contributed by atoms with Crippen LogP contribution < -0.4 is 10.6 Å². The molecular weight excluding hydrogens is 336 g/mol. The molecule has 6 heteroatoms. The summed E-state index contributed by atoms with van der Waals surface area (Å²) >= 11 is 3.35. The molecule has 0 aromatic heterocycles. The Bertz CT molecular complexity index is 476. The van der Waals surface area contributed by atoms with Crippen molar-refractivity contribution in [3.05, 3.63) is 28.7 Å². The van der Waals surface area contributed by atoms with E-state index in [1.807, 2.05) is 38.1 Å². The Labute approximate surface area is 133 Å². The second kappa shape index (κ2) is 7.35. The Morgan fingerprint density at radius 2 is 2.19 bits per heavy atom. The molecule has 0 radical (unpaired) electrons. The second-order valence-electron chi connectivity index (χ2n) is 5.70. The lowest BCUT2D eigenvalue weighted by molar-refractivity contribution is -0.132. The van der Waals surface area contributed by atoms with Gasteiger partial charge in [-0.3, -0.25) is 4.79 Å². The quantitative estimate of drug-likeness (QED) is 0.848. The molecule has 0 spiro atoms. The Kier molecular flexibility index (Phi) is 5.75. The van der Waals surface area contributed by atoms with E-state index in [1.54, 1.807) is 0 Å². The van der Waals surface area contributed by atoms with Crippen molar-refractivity contribution in [1.82, 2.24) is 5.32 Å². The Morgan fingerprint density at radius 3 is 2.86 bits per heavy atom. The summed E-state index contributed by atoms with van der Waals surface area (Å²) < 4.78 is 12.3. The minimum Gasteiger partial charge on any atom is -0.369 e. The largest absolute Gasteiger partial charge is 0.369 e. The lowest BCUT2D eigenvalue weighted by Gasteiger charge is -2.36. The zero-order chi connectivity index (χ0) is 15.3. The average Bonchev–Trinajstić information content (AvgIpc) is 2.40.